The van der Waals surface area contributed by atoms with Crippen molar-refractivity contribution in [2.45, 2.75) is 75.5 Å². The van der Waals surface area contributed by atoms with Gasteiger partial charge in [-0.1, -0.05) is 27.7 Å². The molecule has 0 aliphatic rings. The summed E-state index contributed by atoms with van der Waals surface area (Å²) in [7, 11) is 5.92. The highest BCUT2D eigenvalue weighted by Gasteiger charge is 2.26. The average Bonchev–Trinajstić information content (AvgIpc) is 3.85. The van der Waals surface area contributed by atoms with E-state index in [1.165, 1.54) is 66.2 Å². The third-order valence-electron chi connectivity index (χ3n) is 10.6. The Morgan fingerprint density at radius 1 is 0.690 bits per heavy atom. The zero-order valence-corrected chi connectivity index (χ0v) is 44.2. The number of pyridine rings is 2. The molecule has 0 saturated heterocycles. The van der Waals surface area contributed by atoms with Crippen molar-refractivity contribution in [3.05, 3.63) is 118 Å². The van der Waals surface area contributed by atoms with Gasteiger partial charge in [-0.25, -0.2) is 37.0 Å². The molecule has 0 spiro atoms. The van der Waals surface area contributed by atoms with E-state index >= 15 is 0 Å². The lowest BCUT2D eigenvalue weighted by Crippen LogP contribution is -2.32. The summed E-state index contributed by atoms with van der Waals surface area (Å²) in [5, 5.41) is 12.0. The molecule has 0 aliphatic heterocycles. The lowest BCUT2D eigenvalue weighted by molar-refractivity contribution is -0.118. The molecule has 0 atom stereocenters. The maximum Gasteiger partial charge on any atom is 0.283 e. The second kappa shape index (κ2) is 24.8. The molecule has 71 heavy (non-hydrogen) atoms. The molecule has 6 aromatic rings. The van der Waals surface area contributed by atoms with Gasteiger partial charge in [-0.3, -0.25) is 19.0 Å². The van der Waals surface area contributed by atoms with E-state index in [1.807, 2.05) is 65.7 Å². The Hall–Kier alpha value is -6.17. The zero-order valence-electron chi connectivity index (χ0n) is 41.8. The van der Waals surface area contributed by atoms with Crippen molar-refractivity contribution < 1.29 is 44.7 Å². The van der Waals surface area contributed by atoms with Crippen LogP contribution in [0.25, 0.3) is 22.3 Å². The summed E-state index contributed by atoms with van der Waals surface area (Å²) < 4.78 is 91.6. The Labute approximate surface area is 419 Å². The molecule has 3 N–H and O–H groups in total. The number of hydrogen-bond acceptors (Lipinski definition) is 14. The number of aryl methyl sites for hydroxylation is 2. The first-order valence-corrected chi connectivity index (χ1v) is 25.3. The number of hydrogen-bond donors (Lipinski definition) is 2. The van der Waals surface area contributed by atoms with Gasteiger partial charge in [0.2, 0.25) is 22.9 Å². The van der Waals surface area contributed by atoms with Gasteiger partial charge >= 0.3 is 0 Å². The number of amides is 1. The van der Waals surface area contributed by atoms with Gasteiger partial charge in [-0.2, -0.15) is 18.6 Å². The first-order chi connectivity index (χ1) is 33.1. The summed E-state index contributed by atoms with van der Waals surface area (Å²) in [5.74, 6) is -0.837. The van der Waals surface area contributed by atoms with Crippen LogP contribution >= 0.6 is 11.6 Å². The van der Waals surface area contributed by atoms with E-state index in [0.29, 0.717) is 58.4 Å². The summed E-state index contributed by atoms with van der Waals surface area (Å²) in [5.41, 5.74) is 6.57. The number of aromatic nitrogens is 6. The van der Waals surface area contributed by atoms with Gasteiger partial charge in [-0.05, 0) is 133 Å². The molecule has 0 saturated carbocycles. The molecule has 0 unspecified atom stereocenters. The van der Waals surface area contributed by atoms with E-state index < -0.39 is 37.0 Å². The molecule has 1 amide bonds. The number of carbonyl (C=O) groups excluding carboxylic acids is 2. The van der Waals surface area contributed by atoms with Crippen molar-refractivity contribution in [3.8, 4) is 34.0 Å². The molecule has 4 heterocycles. The molecule has 0 bridgehead atoms. The molecule has 2 aromatic carbocycles. The second-order valence-electron chi connectivity index (χ2n) is 17.5. The minimum Gasteiger partial charge on any atom is -0.481 e. The number of nitrogens with one attached hydrogen (secondary N) is 1. The molecular weight excluding hydrogens is 982 g/mol. The molecular formula is C48H61ClF2N10O8S2. The molecule has 0 fully saturated rings. The Bertz CT molecular complexity index is 3070. The van der Waals surface area contributed by atoms with Gasteiger partial charge in [-0.15, -0.1) is 0 Å². The number of nitrogens with two attached hydrogens (primary N) is 1. The van der Waals surface area contributed by atoms with Crippen LogP contribution in [0.5, 0.6) is 11.8 Å². The molecule has 18 nitrogen and oxygen atoms in total. The van der Waals surface area contributed by atoms with Gasteiger partial charge in [0.1, 0.15) is 11.6 Å². The molecule has 4 aromatic heterocycles. The number of methoxy groups -OCH3 is 2. The van der Waals surface area contributed by atoms with Gasteiger partial charge in [0.05, 0.1) is 32.0 Å². The van der Waals surface area contributed by atoms with Crippen LogP contribution in [0.3, 0.4) is 0 Å². The van der Waals surface area contributed by atoms with E-state index in [0.717, 1.165) is 22.4 Å². The third-order valence-corrected chi connectivity index (χ3v) is 12.7. The van der Waals surface area contributed by atoms with Gasteiger partial charge in [0, 0.05) is 70.3 Å². The fourth-order valence-electron chi connectivity index (χ4n) is 7.34. The lowest BCUT2D eigenvalue weighted by atomic mass is 9.88. The predicted octanol–water partition coefficient (Wildman–Crippen LogP) is 6.32. The van der Waals surface area contributed by atoms with Crippen molar-refractivity contribution in [1.29, 1.82) is 0 Å². The summed E-state index contributed by atoms with van der Waals surface area (Å²) >= 11 is 5.58. The zero-order chi connectivity index (χ0) is 53.1. The highest BCUT2D eigenvalue weighted by atomic mass is 35.5. The van der Waals surface area contributed by atoms with Crippen LogP contribution in [-0.4, -0.2) is 110 Å². The third kappa shape index (κ3) is 16.2. The number of primary sulfonamides is 1. The van der Waals surface area contributed by atoms with Crippen molar-refractivity contribution >= 4 is 42.8 Å². The smallest absolute Gasteiger partial charge is 0.283 e. The van der Waals surface area contributed by atoms with E-state index in [4.69, 9.17) is 26.2 Å². The molecule has 6 rings (SSSR count). The van der Waals surface area contributed by atoms with Crippen molar-refractivity contribution in [2.75, 3.05) is 42.4 Å². The van der Waals surface area contributed by atoms with Crippen LogP contribution in [0.15, 0.2) is 83.1 Å². The van der Waals surface area contributed by atoms with Crippen LogP contribution < -0.4 is 19.3 Å². The fraction of sp³-hybridized carbons (Fsp3) is 0.375. The Kier molecular flexibility index (Phi) is 20.0. The number of benzene rings is 2. The summed E-state index contributed by atoms with van der Waals surface area (Å²) in [6, 6.07) is 15.3. The Morgan fingerprint density at radius 2 is 1.10 bits per heavy atom. The number of ether oxygens (including phenoxy) is 2. The minimum absolute atomic E-state index is 0.0509. The number of sulfonamides is 2. The topological polar surface area (TPSA) is 227 Å². The van der Waals surface area contributed by atoms with Crippen LogP contribution in [0.1, 0.15) is 73.2 Å². The highest BCUT2D eigenvalue weighted by Crippen LogP contribution is 2.35. The first kappa shape index (κ1) is 57.4. The molecule has 23 heteroatoms. The average molecular weight is 1040 g/mol. The monoisotopic (exact) mass is 1040 g/mol. The van der Waals surface area contributed by atoms with Gasteiger partial charge in [0.25, 0.3) is 20.0 Å². The molecule has 0 radical (unpaired) electrons. The number of rotatable bonds is 17. The number of halogens is 3. The van der Waals surface area contributed by atoms with Crippen LogP contribution in [0.4, 0.5) is 8.78 Å². The lowest BCUT2D eigenvalue weighted by Gasteiger charge is -2.18. The molecule has 0 aliphatic carbocycles. The first-order valence-electron chi connectivity index (χ1n) is 21.9. The Balaban J connectivity index is 0.000000258. The van der Waals surface area contributed by atoms with Crippen molar-refractivity contribution in [2.24, 2.45) is 19.2 Å². The Morgan fingerprint density at radius 3 is 1.46 bits per heavy atom. The van der Waals surface area contributed by atoms with Gasteiger partial charge in [0.15, 0.2) is 10.1 Å². The quantitative estimate of drug-likeness (QED) is 0.0954. The van der Waals surface area contributed by atoms with Crippen LogP contribution in [-0.2, 0) is 69.7 Å². The summed E-state index contributed by atoms with van der Waals surface area (Å²) in [4.78, 5) is 36.3. The molecule has 384 valence electrons. The number of carbonyl (C=O) groups is 2. The number of nitrogens with zero attached hydrogens (tertiary/aromatic N) is 8. The summed E-state index contributed by atoms with van der Waals surface area (Å²) in [6.07, 6.45) is 2.88. The van der Waals surface area contributed by atoms with E-state index in [-0.39, 0.29) is 40.5 Å². The largest absolute Gasteiger partial charge is 0.481 e. The van der Waals surface area contributed by atoms with Gasteiger partial charge < -0.3 is 19.3 Å². The second-order valence-corrected chi connectivity index (χ2v) is 21.0. The SMILES string of the molecule is CN(C)Cc1cc(S(N)(=O)=O)nn1C.COc1cc(-c2cc(F)cc(C(C)C)c2CC(=O)Cl)ccn1.COc1cc(-c2cc(F)cc(C(C)C)c2CC(=O)NS(=O)(=O)c2cc(CN(C)C)n(C)n2)ccn1. The van der Waals surface area contributed by atoms with E-state index in [1.54, 1.807) is 44.6 Å². The maximum atomic E-state index is 14.5. The van der Waals surface area contributed by atoms with E-state index in [9.17, 15) is 35.2 Å². The van der Waals surface area contributed by atoms with E-state index in [2.05, 4.69) is 24.9 Å². The summed E-state index contributed by atoms with van der Waals surface area (Å²) in [6.45, 7) is 8.77. The van der Waals surface area contributed by atoms with Crippen molar-refractivity contribution in [3.63, 3.8) is 0 Å². The standard InChI is InChI=1S/C24H30FN5O4S.C17H17ClFNO2.C7H14N4O2S/c1-15(2)19-10-17(25)11-20(16-7-8-26-23(9-16)34-6)21(19)13-22(31)28-35(32,33)24-12-18(14-29(3)4)30(5)27-24;1-10(2)13-7-12(19)8-14(15(13)9-16(18)21)11-4-5-20-17(6-11)22-3;1-10(2)5-6-4-7(9-11(6)3)14(8,12)13/h7-12,15H,13-14H2,1-6H3,(H,28,31);4-8,10H,9H2,1-3H3;4H,5H2,1-3H3,(H2,8,12,13). The minimum atomic E-state index is -4.20. The maximum absolute atomic E-state index is 14.5. The van der Waals surface area contributed by atoms with Crippen LogP contribution in [0, 0.1) is 11.6 Å². The van der Waals surface area contributed by atoms with Crippen LogP contribution in [0.2, 0.25) is 0 Å². The highest BCUT2D eigenvalue weighted by molar-refractivity contribution is 7.90. The van der Waals surface area contributed by atoms with Crippen molar-refractivity contribution in [1.82, 2.24) is 44.1 Å². The fourth-order valence-corrected chi connectivity index (χ4v) is 9.01. The normalized spacial score (nSPS) is 11.6. The predicted molar refractivity (Wildman–Crippen MR) is 267 cm³/mol.